The number of nitrogens with one attached hydrogen (secondary N) is 1. The molecule has 0 heterocycles. The number of Topliss-reactive ketones (excluding diaryl/α,β-unsaturated/α-hetero) is 1. The van der Waals surface area contributed by atoms with Crippen LogP contribution in [0.2, 0.25) is 5.02 Å². The minimum absolute atomic E-state index is 0.0235. The van der Waals surface area contributed by atoms with Gasteiger partial charge in [-0.15, -0.1) is 0 Å². The van der Waals surface area contributed by atoms with Gasteiger partial charge in [0.05, 0.1) is 27.8 Å². The van der Waals surface area contributed by atoms with Crippen LogP contribution in [0.1, 0.15) is 70.5 Å². The molecule has 1 amide bonds. The molecule has 0 aliphatic heterocycles. The first-order valence-electron chi connectivity index (χ1n) is 11.6. The highest BCUT2D eigenvalue weighted by molar-refractivity contribution is 14.1. The maximum Gasteiger partial charge on any atom is 0.323 e. The highest BCUT2D eigenvalue weighted by atomic mass is 127. The van der Waals surface area contributed by atoms with Crippen LogP contribution in [0.3, 0.4) is 0 Å². The second-order valence-corrected chi connectivity index (χ2v) is 10.9. The molecule has 3 aromatic rings. The van der Waals surface area contributed by atoms with Crippen LogP contribution in [0.4, 0.5) is 8.78 Å². The average Bonchev–Trinajstić information content (AvgIpc) is 3.29. The third-order valence-electron chi connectivity index (χ3n) is 6.68. The molecule has 1 aliphatic carbocycles. The zero-order valence-electron chi connectivity index (χ0n) is 19.5. The molecule has 1 atom stereocenters. The van der Waals surface area contributed by atoms with Crippen molar-refractivity contribution in [3.8, 4) is 11.1 Å². The van der Waals surface area contributed by atoms with Crippen molar-refractivity contribution in [2.45, 2.75) is 48.2 Å². The van der Waals surface area contributed by atoms with E-state index in [1.54, 1.807) is 12.1 Å². The van der Waals surface area contributed by atoms with Crippen molar-refractivity contribution in [2.24, 2.45) is 0 Å². The van der Waals surface area contributed by atoms with Gasteiger partial charge in [-0.05, 0) is 48.6 Å². The summed E-state index contributed by atoms with van der Waals surface area (Å²) in [6.45, 7) is 1.51. The molecular formula is C28H25ClF2INO3. The van der Waals surface area contributed by atoms with E-state index in [9.17, 15) is 23.5 Å². The molecule has 1 saturated carbocycles. The van der Waals surface area contributed by atoms with Crippen molar-refractivity contribution in [3.05, 3.63) is 94.0 Å². The summed E-state index contributed by atoms with van der Waals surface area (Å²) in [5, 5.41) is 14.1. The van der Waals surface area contributed by atoms with E-state index < -0.39 is 27.0 Å². The number of amides is 1. The van der Waals surface area contributed by atoms with Crippen molar-refractivity contribution in [3.63, 3.8) is 0 Å². The molecule has 188 valence electrons. The third kappa shape index (κ3) is 5.63. The lowest BCUT2D eigenvalue weighted by Crippen LogP contribution is -2.44. The number of benzene rings is 3. The van der Waals surface area contributed by atoms with Crippen molar-refractivity contribution in [1.29, 1.82) is 0 Å². The summed E-state index contributed by atoms with van der Waals surface area (Å²) in [4.78, 5) is 24.9. The Morgan fingerprint density at radius 2 is 1.67 bits per heavy atom. The third-order valence-corrected chi connectivity index (χ3v) is 7.66. The van der Waals surface area contributed by atoms with Gasteiger partial charge >= 0.3 is 3.93 Å². The van der Waals surface area contributed by atoms with Gasteiger partial charge in [-0.1, -0.05) is 79.0 Å². The zero-order valence-corrected chi connectivity index (χ0v) is 22.4. The van der Waals surface area contributed by atoms with Gasteiger partial charge in [-0.25, -0.2) is 0 Å². The molecule has 0 aromatic heterocycles. The minimum Gasteiger partial charge on any atom is -0.387 e. The van der Waals surface area contributed by atoms with E-state index in [4.69, 9.17) is 11.6 Å². The van der Waals surface area contributed by atoms with Gasteiger partial charge in [-0.3, -0.25) is 9.59 Å². The van der Waals surface area contributed by atoms with Gasteiger partial charge < -0.3 is 10.4 Å². The quantitative estimate of drug-likeness (QED) is 0.163. The molecule has 0 bridgehead atoms. The van der Waals surface area contributed by atoms with Crippen LogP contribution < -0.4 is 5.32 Å². The van der Waals surface area contributed by atoms with E-state index in [1.807, 2.05) is 36.4 Å². The van der Waals surface area contributed by atoms with E-state index in [2.05, 4.69) is 5.32 Å². The van der Waals surface area contributed by atoms with Crippen molar-refractivity contribution in [2.75, 3.05) is 0 Å². The van der Waals surface area contributed by atoms with Crippen LogP contribution in [-0.2, 0) is 3.93 Å². The fraction of sp³-hybridized carbons (Fsp3) is 0.286. The summed E-state index contributed by atoms with van der Waals surface area (Å²) >= 11 is 7.20. The molecular weight excluding hydrogens is 599 g/mol. The number of ketones is 1. The highest BCUT2D eigenvalue weighted by Crippen LogP contribution is 2.42. The second kappa shape index (κ2) is 10.6. The summed E-state index contributed by atoms with van der Waals surface area (Å²) in [6.07, 6.45) is 2.61. The van der Waals surface area contributed by atoms with Crippen molar-refractivity contribution in [1.82, 2.24) is 5.32 Å². The lowest BCUT2D eigenvalue weighted by atomic mass is 9.85. The normalized spacial score (nSPS) is 15.9. The van der Waals surface area contributed by atoms with E-state index in [0.717, 1.165) is 46.6 Å². The van der Waals surface area contributed by atoms with Crippen LogP contribution in [-0.4, -0.2) is 22.4 Å². The van der Waals surface area contributed by atoms with Crippen molar-refractivity contribution >= 4 is 45.9 Å². The predicted octanol–water partition coefficient (Wildman–Crippen LogP) is 7.47. The monoisotopic (exact) mass is 623 g/mol. The van der Waals surface area contributed by atoms with E-state index in [1.165, 1.54) is 25.1 Å². The van der Waals surface area contributed by atoms with Gasteiger partial charge in [0.25, 0.3) is 5.91 Å². The van der Waals surface area contributed by atoms with E-state index in [-0.39, 0.29) is 16.4 Å². The molecule has 8 heteroatoms. The average molecular weight is 624 g/mol. The number of alkyl halides is 3. The molecule has 36 heavy (non-hydrogen) atoms. The van der Waals surface area contributed by atoms with Gasteiger partial charge in [0.2, 0.25) is 0 Å². The first-order chi connectivity index (χ1) is 17.0. The minimum atomic E-state index is -3.24. The summed E-state index contributed by atoms with van der Waals surface area (Å²) < 4.78 is 24.7. The molecule has 1 fully saturated rings. The molecule has 0 radical (unpaired) electrons. The molecule has 1 unspecified atom stereocenters. The Hall–Kier alpha value is -2.36. The Morgan fingerprint density at radius 3 is 2.28 bits per heavy atom. The van der Waals surface area contributed by atoms with Crippen LogP contribution in [0.5, 0.6) is 0 Å². The van der Waals surface area contributed by atoms with Gasteiger partial charge in [-0.2, -0.15) is 8.78 Å². The number of carbonyl (C=O) groups excluding carboxylic acids is 2. The van der Waals surface area contributed by atoms with Crippen LogP contribution >= 0.6 is 34.2 Å². The molecule has 1 aliphatic rings. The maximum atomic E-state index is 14.0. The number of aliphatic hydroxyl groups is 1. The number of carbonyl (C=O) groups is 2. The van der Waals surface area contributed by atoms with Crippen LogP contribution in [0.15, 0.2) is 66.7 Å². The molecule has 0 saturated heterocycles. The standard InChI is InChI=1S/C28H25ClF2INO3/c1-17(34)18-10-12-19(13-11-18)20-6-4-7-21(16-20)25(27(36)14-2-3-15-27)33-26(35)22-8-5-9-23(24(22)29)28(30,31)32/h4-13,16,25,36H,2-3,14-15H2,1H3,(H,33,35). The van der Waals surface area contributed by atoms with Crippen LogP contribution in [0.25, 0.3) is 11.1 Å². The Balaban J connectivity index is 1.70. The summed E-state index contributed by atoms with van der Waals surface area (Å²) in [6, 6.07) is 17.9. The lowest BCUT2D eigenvalue weighted by Gasteiger charge is -2.34. The highest BCUT2D eigenvalue weighted by Gasteiger charge is 2.42. The molecule has 4 rings (SSSR count). The van der Waals surface area contributed by atoms with Gasteiger partial charge in [0.15, 0.2) is 5.78 Å². The smallest absolute Gasteiger partial charge is 0.323 e. The fourth-order valence-electron chi connectivity index (χ4n) is 4.73. The van der Waals surface area contributed by atoms with E-state index in [0.29, 0.717) is 24.0 Å². The maximum absolute atomic E-state index is 14.0. The zero-order chi connectivity index (χ0) is 26.1. The summed E-state index contributed by atoms with van der Waals surface area (Å²) in [5.41, 5.74) is 1.32. The first-order valence-corrected chi connectivity index (χ1v) is 13.1. The molecule has 2 N–H and O–H groups in total. The van der Waals surface area contributed by atoms with Gasteiger partial charge in [0, 0.05) is 28.2 Å². The largest absolute Gasteiger partial charge is 0.387 e. The number of halogens is 4. The van der Waals surface area contributed by atoms with E-state index >= 15 is 0 Å². The molecule has 0 spiro atoms. The lowest BCUT2D eigenvalue weighted by molar-refractivity contribution is 0.00725. The van der Waals surface area contributed by atoms with Gasteiger partial charge in [0.1, 0.15) is 0 Å². The Labute approximate surface area is 227 Å². The molecule has 4 nitrogen and oxygen atoms in total. The van der Waals surface area contributed by atoms with Crippen LogP contribution in [0, 0.1) is 0 Å². The van der Waals surface area contributed by atoms with Crippen molar-refractivity contribution < 1.29 is 23.5 Å². The summed E-state index contributed by atoms with van der Waals surface area (Å²) in [5.74, 6) is -0.659. The topological polar surface area (TPSA) is 66.4 Å². The number of rotatable bonds is 7. The first kappa shape index (κ1) is 26.7. The predicted molar refractivity (Wildman–Crippen MR) is 145 cm³/mol. The Kier molecular flexibility index (Phi) is 7.83. The molecule has 3 aromatic carbocycles. The second-order valence-electron chi connectivity index (χ2n) is 9.14. The Bertz CT molecular complexity index is 1280. The SMILES string of the molecule is CC(=O)c1ccc(-c2cccc(C(NC(=O)c3cccc(C(F)(F)I)c3Cl)C3(O)CCCC3)c2)cc1. The number of hydrogen-bond acceptors (Lipinski definition) is 3. The Morgan fingerprint density at radius 1 is 1.03 bits per heavy atom. The number of hydrogen-bond donors (Lipinski definition) is 2. The fourth-order valence-corrected chi connectivity index (χ4v) is 5.67. The summed E-state index contributed by atoms with van der Waals surface area (Å²) in [7, 11) is 0.